The van der Waals surface area contributed by atoms with Gasteiger partial charge in [0.1, 0.15) is 0 Å². The fraction of sp³-hybridized carbons (Fsp3) is 0.533. The molecule has 1 saturated heterocycles. The molecule has 1 aromatic rings. The second kappa shape index (κ2) is 5.97. The number of carboxylic acids is 1. The van der Waals surface area contributed by atoms with E-state index >= 15 is 0 Å². The van der Waals surface area contributed by atoms with E-state index in [4.69, 9.17) is 0 Å². The molecule has 0 saturated carbocycles. The van der Waals surface area contributed by atoms with Crippen molar-refractivity contribution in [2.45, 2.75) is 24.5 Å². The van der Waals surface area contributed by atoms with Gasteiger partial charge in [0.2, 0.25) is 0 Å². The average molecular weight is 279 g/mol. The number of benzene rings is 1. The summed E-state index contributed by atoms with van der Waals surface area (Å²) in [6, 6.07) is 9.54. The van der Waals surface area contributed by atoms with Crippen LogP contribution in [0.25, 0.3) is 0 Å². The van der Waals surface area contributed by atoms with E-state index in [2.05, 4.69) is 18.7 Å². The Labute approximate surface area is 119 Å². The van der Waals surface area contributed by atoms with Crippen LogP contribution in [-0.4, -0.2) is 46.1 Å². The van der Waals surface area contributed by atoms with E-state index in [9.17, 15) is 9.90 Å². The molecule has 4 heteroatoms. The molecule has 0 amide bonds. The molecule has 0 bridgehead atoms. The van der Waals surface area contributed by atoms with Gasteiger partial charge in [0.15, 0.2) is 0 Å². The van der Waals surface area contributed by atoms with Gasteiger partial charge < -0.3 is 5.11 Å². The molecule has 104 valence electrons. The van der Waals surface area contributed by atoms with E-state index in [1.807, 2.05) is 42.1 Å². The first-order chi connectivity index (χ1) is 8.98. The van der Waals surface area contributed by atoms with E-state index in [0.29, 0.717) is 6.54 Å². The number of aliphatic carboxylic acids is 1. The molecular formula is C15H21NO2S. The molecule has 1 aliphatic rings. The van der Waals surface area contributed by atoms with Crippen molar-refractivity contribution in [2.75, 3.05) is 25.4 Å². The molecule has 0 spiro atoms. The highest BCUT2D eigenvalue weighted by atomic mass is 32.2. The van der Waals surface area contributed by atoms with Crippen LogP contribution in [0.4, 0.5) is 0 Å². The summed E-state index contributed by atoms with van der Waals surface area (Å²) in [7, 11) is 0. The third-order valence-corrected chi connectivity index (χ3v) is 4.74. The van der Waals surface area contributed by atoms with Crippen LogP contribution in [0.15, 0.2) is 30.3 Å². The van der Waals surface area contributed by atoms with Crippen LogP contribution in [0.1, 0.15) is 25.3 Å². The topological polar surface area (TPSA) is 40.5 Å². The van der Waals surface area contributed by atoms with Crippen molar-refractivity contribution in [3.05, 3.63) is 35.9 Å². The Hall–Kier alpha value is -1.00. The summed E-state index contributed by atoms with van der Waals surface area (Å²) in [5.41, 5.74) is 0.894. The third-order valence-electron chi connectivity index (χ3n) is 3.45. The minimum absolute atomic E-state index is 0.220. The summed E-state index contributed by atoms with van der Waals surface area (Å²) < 4.78 is 0.220. The fourth-order valence-corrected chi connectivity index (χ4v) is 3.72. The van der Waals surface area contributed by atoms with E-state index < -0.39 is 11.9 Å². The molecular weight excluding hydrogens is 258 g/mol. The lowest BCUT2D eigenvalue weighted by molar-refractivity contribution is -0.139. The van der Waals surface area contributed by atoms with Gasteiger partial charge in [0.25, 0.3) is 0 Å². The lowest BCUT2D eigenvalue weighted by Gasteiger charge is -2.38. The predicted octanol–water partition coefficient (Wildman–Crippen LogP) is 2.68. The van der Waals surface area contributed by atoms with Gasteiger partial charge in [-0.1, -0.05) is 30.3 Å². The Morgan fingerprint density at radius 2 is 2.11 bits per heavy atom. The number of carbonyl (C=O) groups is 1. The van der Waals surface area contributed by atoms with Gasteiger partial charge in [-0.25, -0.2) is 0 Å². The quantitative estimate of drug-likeness (QED) is 0.920. The molecule has 0 aliphatic carbocycles. The van der Waals surface area contributed by atoms with Crippen molar-refractivity contribution in [1.82, 2.24) is 4.90 Å². The monoisotopic (exact) mass is 279 g/mol. The van der Waals surface area contributed by atoms with Crippen molar-refractivity contribution in [3.8, 4) is 0 Å². The Bertz CT molecular complexity index is 433. The summed E-state index contributed by atoms with van der Waals surface area (Å²) >= 11 is 1.97. The van der Waals surface area contributed by atoms with Crippen molar-refractivity contribution in [3.63, 3.8) is 0 Å². The predicted molar refractivity (Wildman–Crippen MR) is 79.8 cm³/mol. The molecule has 19 heavy (non-hydrogen) atoms. The first kappa shape index (κ1) is 14.4. The van der Waals surface area contributed by atoms with E-state index in [-0.39, 0.29) is 4.75 Å². The van der Waals surface area contributed by atoms with Crippen molar-refractivity contribution < 1.29 is 9.90 Å². The van der Waals surface area contributed by atoms with Gasteiger partial charge in [-0.3, -0.25) is 9.69 Å². The Morgan fingerprint density at radius 1 is 1.42 bits per heavy atom. The second-order valence-electron chi connectivity index (χ2n) is 5.64. The standard InChI is InChI=1S/C15H21NO2S/c1-15(2)11-16(8-9-19-15)10-13(14(17)18)12-6-4-3-5-7-12/h3-7,13H,8-11H2,1-2H3,(H,17,18). The Morgan fingerprint density at radius 3 is 2.68 bits per heavy atom. The van der Waals surface area contributed by atoms with Gasteiger partial charge in [-0.15, -0.1) is 0 Å². The van der Waals surface area contributed by atoms with Crippen molar-refractivity contribution in [1.29, 1.82) is 0 Å². The number of thioether (sulfide) groups is 1. The molecule has 1 aliphatic heterocycles. The maximum Gasteiger partial charge on any atom is 0.312 e. The van der Waals surface area contributed by atoms with Crippen molar-refractivity contribution >= 4 is 17.7 Å². The zero-order chi connectivity index (χ0) is 13.9. The van der Waals surface area contributed by atoms with Crippen LogP contribution in [0.2, 0.25) is 0 Å². The molecule has 3 nitrogen and oxygen atoms in total. The maximum atomic E-state index is 11.5. The smallest absolute Gasteiger partial charge is 0.312 e. The van der Waals surface area contributed by atoms with Crippen LogP contribution in [0.5, 0.6) is 0 Å². The first-order valence-electron chi connectivity index (χ1n) is 6.62. The molecule has 1 N–H and O–H groups in total. The van der Waals surface area contributed by atoms with Crippen LogP contribution in [0, 0.1) is 0 Å². The highest BCUT2D eigenvalue weighted by Gasteiger charge is 2.30. The summed E-state index contributed by atoms with van der Waals surface area (Å²) in [6.45, 7) is 6.98. The van der Waals surface area contributed by atoms with E-state index in [0.717, 1.165) is 24.4 Å². The number of rotatable bonds is 4. The number of carboxylic acid groups (broad SMARTS) is 1. The molecule has 1 unspecified atom stereocenters. The molecule has 0 radical (unpaired) electrons. The minimum Gasteiger partial charge on any atom is -0.481 e. The summed E-state index contributed by atoms with van der Waals surface area (Å²) in [5, 5.41) is 9.46. The Kier molecular flexibility index (Phi) is 4.53. The molecule has 1 heterocycles. The summed E-state index contributed by atoms with van der Waals surface area (Å²) in [4.78, 5) is 13.8. The van der Waals surface area contributed by atoms with Crippen LogP contribution < -0.4 is 0 Å². The molecule has 2 rings (SSSR count). The fourth-order valence-electron chi connectivity index (χ4n) is 2.54. The SMILES string of the molecule is CC1(C)CN(CC(C(=O)O)c2ccccc2)CCS1. The molecule has 1 atom stereocenters. The number of nitrogens with zero attached hydrogens (tertiary/aromatic N) is 1. The molecule has 0 aromatic heterocycles. The van der Waals surface area contributed by atoms with Crippen LogP contribution >= 0.6 is 11.8 Å². The first-order valence-corrected chi connectivity index (χ1v) is 7.60. The molecule has 1 aromatic carbocycles. The van der Waals surface area contributed by atoms with Gasteiger partial charge >= 0.3 is 5.97 Å². The molecule has 1 fully saturated rings. The Balaban J connectivity index is 2.08. The minimum atomic E-state index is -0.734. The summed E-state index contributed by atoms with van der Waals surface area (Å²) in [5.74, 6) is -0.0870. The number of hydrogen-bond donors (Lipinski definition) is 1. The van der Waals surface area contributed by atoms with Gasteiger partial charge in [-0.2, -0.15) is 11.8 Å². The largest absolute Gasteiger partial charge is 0.481 e. The normalized spacial score (nSPS) is 20.9. The maximum absolute atomic E-state index is 11.5. The highest BCUT2D eigenvalue weighted by Crippen LogP contribution is 2.30. The second-order valence-corrected chi connectivity index (χ2v) is 7.45. The van der Waals surface area contributed by atoms with Gasteiger partial charge in [0, 0.05) is 30.1 Å². The third kappa shape index (κ3) is 3.98. The van der Waals surface area contributed by atoms with Crippen LogP contribution in [0.3, 0.4) is 0 Å². The van der Waals surface area contributed by atoms with E-state index in [1.54, 1.807) is 0 Å². The van der Waals surface area contributed by atoms with E-state index in [1.165, 1.54) is 0 Å². The van der Waals surface area contributed by atoms with Crippen LogP contribution in [-0.2, 0) is 4.79 Å². The van der Waals surface area contributed by atoms with Crippen molar-refractivity contribution in [2.24, 2.45) is 0 Å². The average Bonchev–Trinajstić information content (AvgIpc) is 2.35. The lowest BCUT2D eigenvalue weighted by Crippen LogP contribution is -2.45. The highest BCUT2D eigenvalue weighted by molar-refractivity contribution is 8.00. The number of hydrogen-bond acceptors (Lipinski definition) is 3. The zero-order valence-corrected chi connectivity index (χ0v) is 12.3. The van der Waals surface area contributed by atoms with Gasteiger partial charge in [-0.05, 0) is 19.4 Å². The zero-order valence-electron chi connectivity index (χ0n) is 11.5. The summed E-state index contributed by atoms with van der Waals surface area (Å²) in [6.07, 6.45) is 0. The van der Waals surface area contributed by atoms with Gasteiger partial charge in [0.05, 0.1) is 5.92 Å². The lowest BCUT2D eigenvalue weighted by atomic mass is 9.98.